The van der Waals surface area contributed by atoms with Gasteiger partial charge in [-0.25, -0.2) is 0 Å². The first kappa shape index (κ1) is 26.6. The van der Waals surface area contributed by atoms with Crippen molar-refractivity contribution in [3.05, 3.63) is 107 Å². The number of nitrogens with zero attached hydrogens (tertiary/aromatic N) is 1. The van der Waals surface area contributed by atoms with Gasteiger partial charge in [0.25, 0.3) is 0 Å². The topological polar surface area (TPSA) is 49.4 Å². The highest BCUT2D eigenvalue weighted by Gasteiger charge is 2.32. The number of carbonyl (C=O) groups excluding carboxylic acids is 2. The van der Waals surface area contributed by atoms with E-state index in [0.717, 1.165) is 22.4 Å². The van der Waals surface area contributed by atoms with Gasteiger partial charge in [-0.15, -0.1) is 11.8 Å². The summed E-state index contributed by atoms with van der Waals surface area (Å²) in [5.41, 5.74) is 3.97. The SMILES string of the molecule is Cc1ccccc1CN(C(=O)CSCc1ccccc1)[C@H](Cc1ccccc1)C(=O)NC(C)(C)C. The molecule has 0 unspecified atom stereocenters. The molecule has 2 amide bonds. The van der Waals surface area contributed by atoms with E-state index in [1.807, 2.05) is 100 Å². The molecule has 5 heteroatoms. The van der Waals surface area contributed by atoms with E-state index in [2.05, 4.69) is 17.4 Å². The van der Waals surface area contributed by atoms with Gasteiger partial charge in [0.2, 0.25) is 11.8 Å². The smallest absolute Gasteiger partial charge is 0.243 e. The van der Waals surface area contributed by atoms with E-state index in [4.69, 9.17) is 0 Å². The van der Waals surface area contributed by atoms with Gasteiger partial charge in [0.15, 0.2) is 0 Å². The van der Waals surface area contributed by atoms with Crippen molar-refractivity contribution < 1.29 is 9.59 Å². The Balaban J connectivity index is 1.88. The second-order valence-corrected chi connectivity index (χ2v) is 10.9. The summed E-state index contributed by atoms with van der Waals surface area (Å²) in [6, 6.07) is 27.5. The molecular weight excluding hydrogens is 452 g/mol. The molecule has 1 atom stereocenters. The van der Waals surface area contributed by atoms with Gasteiger partial charge < -0.3 is 10.2 Å². The van der Waals surface area contributed by atoms with Gasteiger partial charge in [0.1, 0.15) is 6.04 Å². The maximum atomic E-state index is 13.7. The van der Waals surface area contributed by atoms with Crippen LogP contribution in [-0.4, -0.2) is 34.0 Å². The predicted octanol–water partition coefficient (Wildman–Crippen LogP) is 5.78. The number of hydrogen-bond donors (Lipinski definition) is 1. The van der Waals surface area contributed by atoms with E-state index in [1.165, 1.54) is 5.56 Å². The Labute approximate surface area is 214 Å². The zero-order valence-electron chi connectivity index (χ0n) is 21.2. The molecular formula is C30H36N2O2S. The summed E-state index contributed by atoms with van der Waals surface area (Å²) in [7, 11) is 0. The van der Waals surface area contributed by atoms with E-state index < -0.39 is 11.6 Å². The standard InChI is InChI=1S/C30H36N2O2S/c1-23-13-11-12-18-26(23)20-32(28(33)22-35-21-25-16-9-6-10-17-25)27(29(34)31-30(2,3)4)19-24-14-7-5-8-15-24/h5-18,27H,19-22H2,1-4H3,(H,31,34)/t27-/m1/s1. The number of aryl methyl sites for hydroxylation is 1. The molecule has 0 aliphatic rings. The fraction of sp³-hybridized carbons (Fsp3) is 0.333. The van der Waals surface area contributed by atoms with Gasteiger partial charge >= 0.3 is 0 Å². The number of nitrogens with one attached hydrogen (secondary N) is 1. The molecule has 0 saturated carbocycles. The zero-order valence-corrected chi connectivity index (χ0v) is 22.0. The molecule has 0 bridgehead atoms. The minimum Gasteiger partial charge on any atom is -0.350 e. The van der Waals surface area contributed by atoms with E-state index in [1.54, 1.807) is 16.7 Å². The summed E-state index contributed by atoms with van der Waals surface area (Å²) in [5, 5.41) is 3.12. The van der Waals surface area contributed by atoms with Gasteiger partial charge in [0, 0.05) is 24.3 Å². The monoisotopic (exact) mass is 488 g/mol. The Morgan fingerprint density at radius 3 is 2.03 bits per heavy atom. The molecule has 184 valence electrons. The summed E-state index contributed by atoms with van der Waals surface area (Å²) in [4.78, 5) is 29.0. The summed E-state index contributed by atoms with van der Waals surface area (Å²) in [5.74, 6) is 0.910. The van der Waals surface area contributed by atoms with Crippen LogP contribution in [0.2, 0.25) is 0 Å². The maximum absolute atomic E-state index is 13.7. The normalized spacial score (nSPS) is 12.1. The first-order valence-corrected chi connectivity index (χ1v) is 13.2. The van der Waals surface area contributed by atoms with E-state index >= 15 is 0 Å². The highest BCUT2D eigenvalue weighted by molar-refractivity contribution is 7.99. The predicted molar refractivity (Wildman–Crippen MR) is 146 cm³/mol. The van der Waals surface area contributed by atoms with Crippen LogP contribution in [0.5, 0.6) is 0 Å². The highest BCUT2D eigenvalue weighted by atomic mass is 32.2. The van der Waals surface area contributed by atoms with Crippen LogP contribution in [-0.2, 0) is 28.3 Å². The molecule has 0 aliphatic heterocycles. The van der Waals surface area contributed by atoms with Gasteiger partial charge in [-0.3, -0.25) is 9.59 Å². The van der Waals surface area contributed by atoms with Gasteiger partial charge in [-0.1, -0.05) is 84.9 Å². The number of amides is 2. The van der Waals surface area contributed by atoms with Crippen LogP contribution >= 0.6 is 11.8 Å². The van der Waals surface area contributed by atoms with Crippen molar-refractivity contribution in [1.29, 1.82) is 0 Å². The first-order valence-electron chi connectivity index (χ1n) is 12.0. The third kappa shape index (κ3) is 8.59. The fourth-order valence-corrected chi connectivity index (χ4v) is 4.76. The number of benzene rings is 3. The fourth-order valence-electron chi connectivity index (χ4n) is 3.89. The molecule has 3 aromatic carbocycles. The molecule has 0 aliphatic carbocycles. The molecule has 0 aromatic heterocycles. The molecule has 35 heavy (non-hydrogen) atoms. The average Bonchev–Trinajstić information content (AvgIpc) is 2.82. The molecule has 0 radical (unpaired) electrons. The Hall–Kier alpha value is -3.05. The van der Waals surface area contributed by atoms with Crippen molar-refractivity contribution in [3.63, 3.8) is 0 Å². The summed E-state index contributed by atoms with van der Waals surface area (Å²) >= 11 is 1.58. The van der Waals surface area contributed by atoms with Gasteiger partial charge in [0.05, 0.1) is 5.75 Å². The quantitative estimate of drug-likeness (QED) is 0.393. The van der Waals surface area contributed by atoms with Crippen LogP contribution in [0.3, 0.4) is 0 Å². The van der Waals surface area contributed by atoms with Crippen LogP contribution < -0.4 is 5.32 Å². The Kier molecular flexibility index (Phi) is 9.55. The van der Waals surface area contributed by atoms with Gasteiger partial charge in [-0.05, 0) is 49.9 Å². The lowest BCUT2D eigenvalue weighted by Gasteiger charge is -2.34. The van der Waals surface area contributed by atoms with Crippen molar-refractivity contribution in [2.75, 3.05) is 5.75 Å². The maximum Gasteiger partial charge on any atom is 0.243 e. The molecule has 3 rings (SSSR count). The Bertz CT molecular complexity index is 1090. The average molecular weight is 489 g/mol. The molecule has 3 aromatic rings. The van der Waals surface area contributed by atoms with Crippen LogP contribution in [0.1, 0.15) is 43.0 Å². The second-order valence-electron chi connectivity index (χ2n) is 9.87. The lowest BCUT2D eigenvalue weighted by Crippen LogP contribution is -2.54. The van der Waals surface area contributed by atoms with E-state index in [9.17, 15) is 9.59 Å². The van der Waals surface area contributed by atoms with Crippen molar-refractivity contribution in [2.24, 2.45) is 0 Å². The third-order valence-corrected chi connectivity index (χ3v) is 6.70. The first-order chi connectivity index (χ1) is 16.7. The minimum absolute atomic E-state index is 0.0285. The number of thioether (sulfide) groups is 1. The summed E-state index contributed by atoms with van der Waals surface area (Å²) in [6.45, 7) is 8.34. The summed E-state index contributed by atoms with van der Waals surface area (Å²) < 4.78 is 0. The molecule has 4 nitrogen and oxygen atoms in total. The molecule has 1 N–H and O–H groups in total. The van der Waals surface area contributed by atoms with Crippen molar-refractivity contribution in [1.82, 2.24) is 10.2 Å². The van der Waals surface area contributed by atoms with E-state index in [-0.39, 0.29) is 11.8 Å². The second kappa shape index (κ2) is 12.6. The van der Waals surface area contributed by atoms with Crippen LogP contribution in [0.25, 0.3) is 0 Å². The molecule has 0 heterocycles. The molecule has 0 saturated heterocycles. The van der Waals surface area contributed by atoms with Crippen molar-refractivity contribution in [3.8, 4) is 0 Å². The Morgan fingerprint density at radius 1 is 0.857 bits per heavy atom. The molecule has 0 fully saturated rings. The van der Waals surface area contributed by atoms with Crippen molar-refractivity contribution >= 4 is 23.6 Å². The van der Waals surface area contributed by atoms with Crippen LogP contribution in [0.4, 0.5) is 0 Å². The number of hydrogen-bond acceptors (Lipinski definition) is 3. The largest absolute Gasteiger partial charge is 0.350 e. The van der Waals surface area contributed by atoms with Gasteiger partial charge in [-0.2, -0.15) is 0 Å². The lowest BCUT2D eigenvalue weighted by atomic mass is 10.00. The van der Waals surface area contributed by atoms with Crippen LogP contribution in [0, 0.1) is 6.92 Å². The molecule has 0 spiro atoms. The zero-order chi connectivity index (χ0) is 25.3. The summed E-state index contributed by atoms with van der Waals surface area (Å²) in [6.07, 6.45) is 0.462. The van der Waals surface area contributed by atoms with Crippen LogP contribution in [0.15, 0.2) is 84.9 Å². The lowest BCUT2D eigenvalue weighted by molar-refractivity contribution is -0.140. The minimum atomic E-state index is -0.610. The highest BCUT2D eigenvalue weighted by Crippen LogP contribution is 2.20. The van der Waals surface area contributed by atoms with E-state index in [0.29, 0.717) is 18.7 Å². The number of rotatable bonds is 10. The van der Waals surface area contributed by atoms with Crippen molar-refractivity contribution in [2.45, 2.75) is 58.0 Å². The third-order valence-electron chi connectivity index (χ3n) is 5.71. The Morgan fingerprint density at radius 2 is 1.43 bits per heavy atom. The number of carbonyl (C=O) groups is 2.